The van der Waals surface area contributed by atoms with Crippen molar-refractivity contribution in [2.75, 3.05) is 5.88 Å². The first-order valence-corrected chi connectivity index (χ1v) is 7.80. The van der Waals surface area contributed by atoms with Gasteiger partial charge in [-0.15, -0.1) is 11.6 Å². The summed E-state index contributed by atoms with van der Waals surface area (Å²) >= 11 is 5.82. The Balaban J connectivity index is 2.13. The molecule has 0 saturated heterocycles. The summed E-state index contributed by atoms with van der Waals surface area (Å²) in [7, 11) is 0. The molecule has 2 rings (SSSR count). The highest BCUT2D eigenvalue weighted by molar-refractivity contribution is 6.18. The van der Waals surface area contributed by atoms with E-state index in [9.17, 15) is 5.11 Å². The first-order chi connectivity index (χ1) is 10.2. The lowest BCUT2D eigenvalue weighted by Gasteiger charge is -2.32. The fourth-order valence-corrected chi connectivity index (χ4v) is 2.61. The molecule has 2 atom stereocenters. The molecule has 0 aromatic heterocycles. The summed E-state index contributed by atoms with van der Waals surface area (Å²) in [6.45, 7) is 3.62. The van der Waals surface area contributed by atoms with E-state index in [2.05, 4.69) is 29.2 Å². The minimum Gasteiger partial charge on any atom is -0.390 e. The van der Waals surface area contributed by atoms with Gasteiger partial charge in [0.15, 0.2) is 0 Å². The van der Waals surface area contributed by atoms with Crippen molar-refractivity contribution in [3.63, 3.8) is 0 Å². The highest BCUT2D eigenvalue weighted by Crippen LogP contribution is 2.16. The van der Waals surface area contributed by atoms with E-state index in [4.69, 9.17) is 11.6 Å². The molecule has 1 N–H and O–H groups in total. The van der Waals surface area contributed by atoms with Crippen LogP contribution in [0.1, 0.15) is 18.1 Å². The average molecular weight is 304 g/mol. The number of aliphatic hydroxyl groups excluding tert-OH is 1. The van der Waals surface area contributed by atoms with Gasteiger partial charge in [-0.1, -0.05) is 60.7 Å². The van der Waals surface area contributed by atoms with Crippen LogP contribution in [-0.4, -0.2) is 28.0 Å². The van der Waals surface area contributed by atoms with Crippen LogP contribution in [-0.2, 0) is 13.1 Å². The molecule has 0 aliphatic carbocycles. The number of halogens is 1. The van der Waals surface area contributed by atoms with E-state index in [0.29, 0.717) is 0 Å². The molecule has 21 heavy (non-hydrogen) atoms. The Morgan fingerprint density at radius 3 is 1.71 bits per heavy atom. The maximum absolute atomic E-state index is 10.1. The Kier molecular flexibility index (Phi) is 6.24. The third-order valence-corrected chi connectivity index (χ3v) is 4.06. The number of rotatable bonds is 7. The van der Waals surface area contributed by atoms with Crippen molar-refractivity contribution in [1.82, 2.24) is 4.90 Å². The Morgan fingerprint density at radius 1 is 0.905 bits per heavy atom. The zero-order chi connectivity index (χ0) is 15.1. The Hall–Kier alpha value is -1.35. The minimum atomic E-state index is -0.529. The van der Waals surface area contributed by atoms with Crippen molar-refractivity contribution < 1.29 is 5.11 Å². The van der Waals surface area contributed by atoms with E-state index in [0.717, 1.165) is 13.1 Å². The number of benzene rings is 2. The van der Waals surface area contributed by atoms with E-state index in [1.165, 1.54) is 11.1 Å². The third-order valence-electron chi connectivity index (χ3n) is 3.75. The SMILES string of the molecule is C[C@H]([C@@H](O)CCl)N(Cc1ccccc1)Cc1ccccc1. The lowest BCUT2D eigenvalue weighted by molar-refractivity contribution is 0.0631. The van der Waals surface area contributed by atoms with Crippen molar-refractivity contribution in [2.45, 2.75) is 32.2 Å². The van der Waals surface area contributed by atoms with Crippen LogP contribution in [0.25, 0.3) is 0 Å². The van der Waals surface area contributed by atoms with Crippen LogP contribution in [0, 0.1) is 0 Å². The van der Waals surface area contributed by atoms with Gasteiger partial charge in [0, 0.05) is 25.0 Å². The lowest BCUT2D eigenvalue weighted by Crippen LogP contribution is -2.41. The second-order valence-corrected chi connectivity index (χ2v) is 5.65. The van der Waals surface area contributed by atoms with Crippen LogP contribution in [0.15, 0.2) is 60.7 Å². The Bertz CT molecular complexity index is 476. The number of hydrogen-bond donors (Lipinski definition) is 1. The molecule has 2 aromatic rings. The normalized spacial score (nSPS) is 14.1. The van der Waals surface area contributed by atoms with Crippen LogP contribution < -0.4 is 0 Å². The first-order valence-electron chi connectivity index (χ1n) is 7.26. The van der Waals surface area contributed by atoms with Gasteiger partial charge in [-0.25, -0.2) is 0 Å². The molecule has 0 radical (unpaired) electrons. The van der Waals surface area contributed by atoms with E-state index in [-0.39, 0.29) is 11.9 Å². The van der Waals surface area contributed by atoms with E-state index in [1.54, 1.807) is 0 Å². The minimum absolute atomic E-state index is 0.00270. The zero-order valence-corrected chi connectivity index (χ0v) is 13.1. The summed E-state index contributed by atoms with van der Waals surface area (Å²) in [6, 6.07) is 20.6. The van der Waals surface area contributed by atoms with Gasteiger partial charge in [0.25, 0.3) is 0 Å². The maximum atomic E-state index is 10.1. The van der Waals surface area contributed by atoms with Gasteiger partial charge in [0.2, 0.25) is 0 Å². The summed E-state index contributed by atoms with van der Waals surface area (Å²) in [6.07, 6.45) is -0.529. The van der Waals surface area contributed by atoms with Crippen LogP contribution >= 0.6 is 11.6 Å². The molecule has 3 heteroatoms. The van der Waals surface area contributed by atoms with Crippen molar-refractivity contribution in [2.24, 2.45) is 0 Å². The van der Waals surface area contributed by atoms with Crippen LogP contribution in [0.4, 0.5) is 0 Å². The van der Waals surface area contributed by atoms with Gasteiger partial charge in [-0.3, -0.25) is 4.90 Å². The van der Waals surface area contributed by atoms with Crippen molar-refractivity contribution in [3.8, 4) is 0 Å². The van der Waals surface area contributed by atoms with Gasteiger partial charge in [0.1, 0.15) is 0 Å². The second kappa shape index (κ2) is 8.18. The van der Waals surface area contributed by atoms with Crippen LogP contribution in [0.5, 0.6) is 0 Å². The Labute approximate surface area is 132 Å². The first kappa shape index (κ1) is 16.0. The number of hydrogen-bond acceptors (Lipinski definition) is 2. The number of nitrogens with zero attached hydrogens (tertiary/aromatic N) is 1. The molecule has 0 fully saturated rings. The maximum Gasteiger partial charge on any atom is 0.0827 e. The average Bonchev–Trinajstić information content (AvgIpc) is 2.54. The van der Waals surface area contributed by atoms with Gasteiger partial charge in [-0.05, 0) is 18.1 Å². The zero-order valence-electron chi connectivity index (χ0n) is 12.3. The molecule has 2 aromatic carbocycles. The summed E-state index contributed by atoms with van der Waals surface area (Å²) in [4.78, 5) is 2.26. The summed E-state index contributed by atoms with van der Waals surface area (Å²) in [5.41, 5.74) is 2.48. The van der Waals surface area contributed by atoms with Gasteiger partial charge in [-0.2, -0.15) is 0 Å². The van der Waals surface area contributed by atoms with Crippen molar-refractivity contribution in [3.05, 3.63) is 71.8 Å². The molecule has 0 unspecified atom stereocenters. The van der Waals surface area contributed by atoms with Crippen molar-refractivity contribution >= 4 is 11.6 Å². The quantitative estimate of drug-likeness (QED) is 0.789. The summed E-state index contributed by atoms with van der Waals surface area (Å²) < 4.78 is 0. The number of alkyl halides is 1. The second-order valence-electron chi connectivity index (χ2n) is 5.34. The molecule has 0 heterocycles. The fourth-order valence-electron chi connectivity index (χ4n) is 2.35. The highest BCUT2D eigenvalue weighted by atomic mass is 35.5. The summed E-state index contributed by atoms with van der Waals surface area (Å²) in [5, 5.41) is 10.1. The van der Waals surface area contributed by atoms with Crippen LogP contribution in [0.3, 0.4) is 0 Å². The molecule has 0 spiro atoms. The monoisotopic (exact) mass is 303 g/mol. The summed E-state index contributed by atoms with van der Waals surface area (Å²) in [5.74, 6) is 0.251. The molecule has 0 saturated carbocycles. The van der Waals surface area contributed by atoms with Crippen LogP contribution in [0.2, 0.25) is 0 Å². The molecule has 0 amide bonds. The third kappa shape index (κ3) is 4.85. The molecule has 112 valence electrons. The lowest BCUT2D eigenvalue weighted by atomic mass is 10.1. The topological polar surface area (TPSA) is 23.5 Å². The highest BCUT2D eigenvalue weighted by Gasteiger charge is 2.21. The fraction of sp³-hybridized carbons (Fsp3) is 0.333. The molecular formula is C18H22ClNO. The van der Waals surface area contributed by atoms with Crippen molar-refractivity contribution in [1.29, 1.82) is 0 Å². The predicted molar refractivity (Wildman–Crippen MR) is 88.3 cm³/mol. The standard InChI is InChI=1S/C18H22ClNO/c1-15(18(21)12-19)20(13-16-8-4-2-5-9-16)14-17-10-6-3-7-11-17/h2-11,15,18,21H,12-14H2,1H3/t15-,18+/m1/s1. The van der Waals surface area contributed by atoms with E-state index >= 15 is 0 Å². The predicted octanol–water partition coefficient (Wildman–Crippen LogP) is 3.68. The van der Waals surface area contributed by atoms with E-state index < -0.39 is 6.10 Å². The molecule has 0 bridgehead atoms. The number of aliphatic hydroxyl groups is 1. The molecule has 0 aliphatic heterocycles. The van der Waals surface area contributed by atoms with Gasteiger partial charge < -0.3 is 5.11 Å². The molecule has 0 aliphatic rings. The molecular weight excluding hydrogens is 282 g/mol. The van der Waals surface area contributed by atoms with Gasteiger partial charge >= 0.3 is 0 Å². The van der Waals surface area contributed by atoms with E-state index in [1.807, 2.05) is 43.3 Å². The molecule has 2 nitrogen and oxygen atoms in total. The Morgan fingerprint density at radius 2 is 1.33 bits per heavy atom. The van der Waals surface area contributed by atoms with Gasteiger partial charge in [0.05, 0.1) is 6.10 Å². The smallest absolute Gasteiger partial charge is 0.0827 e. The largest absolute Gasteiger partial charge is 0.390 e.